The fourth-order valence-electron chi connectivity index (χ4n) is 3.95. The van der Waals surface area contributed by atoms with Crippen molar-refractivity contribution in [1.82, 2.24) is 4.31 Å². The summed E-state index contributed by atoms with van der Waals surface area (Å²) in [7, 11) is -2.26. The van der Waals surface area contributed by atoms with Gasteiger partial charge in [0.05, 0.1) is 23.4 Å². The number of benzene rings is 2. The molecule has 1 atom stereocenters. The second-order valence-electron chi connectivity index (χ2n) is 8.02. The van der Waals surface area contributed by atoms with Crippen molar-refractivity contribution < 1.29 is 27.2 Å². The van der Waals surface area contributed by atoms with Crippen molar-refractivity contribution in [2.45, 2.75) is 43.1 Å². The molecule has 0 bridgehead atoms. The number of oxime groups is 1. The quantitative estimate of drug-likeness (QED) is 0.689. The molecule has 2 heterocycles. The van der Waals surface area contributed by atoms with Gasteiger partial charge in [0.2, 0.25) is 16.1 Å². The van der Waals surface area contributed by atoms with Gasteiger partial charge in [-0.2, -0.15) is 4.31 Å². The number of carbonyl (C=O) groups excluding carboxylic acids is 1. The lowest BCUT2D eigenvalue weighted by Gasteiger charge is -2.21. The maximum atomic E-state index is 13.5. The minimum absolute atomic E-state index is 0.0875. The largest absolute Gasteiger partial charge is 0.495 e. The van der Waals surface area contributed by atoms with Crippen molar-refractivity contribution in [2.24, 2.45) is 5.16 Å². The zero-order valence-electron chi connectivity index (χ0n) is 18.3. The Hall–Kier alpha value is -2.98. The van der Waals surface area contributed by atoms with Gasteiger partial charge in [-0.1, -0.05) is 30.1 Å². The molecule has 1 unspecified atom stereocenters. The summed E-state index contributed by atoms with van der Waals surface area (Å²) in [5.74, 6) is -0.592. The molecule has 1 amide bonds. The Morgan fingerprint density at radius 2 is 1.91 bits per heavy atom. The molecule has 176 valence electrons. The molecule has 0 aliphatic carbocycles. The van der Waals surface area contributed by atoms with Crippen LogP contribution in [0.2, 0.25) is 0 Å². The monoisotopic (exact) mass is 475 g/mol. The topological polar surface area (TPSA) is 97.3 Å². The van der Waals surface area contributed by atoms with Crippen LogP contribution < -0.4 is 10.1 Å². The first-order chi connectivity index (χ1) is 15.9. The molecule has 33 heavy (non-hydrogen) atoms. The molecule has 8 nitrogen and oxygen atoms in total. The van der Waals surface area contributed by atoms with Crippen LogP contribution in [0.15, 0.2) is 52.5 Å². The van der Waals surface area contributed by atoms with E-state index < -0.39 is 27.9 Å². The van der Waals surface area contributed by atoms with Crippen LogP contribution in [-0.2, 0) is 19.7 Å². The van der Waals surface area contributed by atoms with Crippen molar-refractivity contribution in [2.75, 3.05) is 25.5 Å². The van der Waals surface area contributed by atoms with Crippen LogP contribution >= 0.6 is 0 Å². The normalized spacial score (nSPS) is 19.3. The standard InChI is InChI=1S/C23H26FN3O5S/c1-31-21-10-9-18(33(29,30)27-11-4-2-3-5-12-27)14-20(21)25-23(28)22-15-19(26-32-22)16-7-6-8-17(24)13-16/h6-10,13-14,22H,2-5,11-12,15H2,1H3,(H,25,28). The molecule has 0 aromatic heterocycles. The van der Waals surface area contributed by atoms with E-state index in [-0.39, 0.29) is 17.0 Å². The summed E-state index contributed by atoms with van der Waals surface area (Å²) in [5, 5.41) is 6.61. The number of rotatable bonds is 6. The highest BCUT2D eigenvalue weighted by molar-refractivity contribution is 7.89. The second-order valence-corrected chi connectivity index (χ2v) is 9.95. The molecule has 1 N–H and O–H groups in total. The third-order valence-corrected chi connectivity index (χ3v) is 7.65. The molecular formula is C23H26FN3O5S. The van der Waals surface area contributed by atoms with Crippen molar-refractivity contribution in [3.05, 3.63) is 53.8 Å². The number of hydrogen-bond donors (Lipinski definition) is 1. The zero-order chi connectivity index (χ0) is 23.4. The summed E-state index contributed by atoms with van der Waals surface area (Å²) in [4.78, 5) is 18.2. The Labute approximate surface area is 192 Å². The fraction of sp³-hybridized carbons (Fsp3) is 0.391. The molecule has 2 aromatic carbocycles. The molecule has 2 aromatic rings. The van der Waals surface area contributed by atoms with Crippen LogP contribution in [0.4, 0.5) is 10.1 Å². The maximum Gasteiger partial charge on any atom is 0.268 e. The molecular weight excluding hydrogens is 449 g/mol. The van der Waals surface area contributed by atoms with Crippen LogP contribution in [0.1, 0.15) is 37.7 Å². The fourth-order valence-corrected chi connectivity index (χ4v) is 5.49. The average molecular weight is 476 g/mol. The SMILES string of the molecule is COc1ccc(S(=O)(=O)N2CCCCCC2)cc1NC(=O)C1CC(c2cccc(F)c2)=NO1. The molecule has 0 saturated carbocycles. The summed E-state index contributed by atoms with van der Waals surface area (Å²) < 4.78 is 46.6. The summed E-state index contributed by atoms with van der Waals surface area (Å²) in [5.41, 5.74) is 1.22. The molecule has 1 saturated heterocycles. The highest BCUT2D eigenvalue weighted by Gasteiger charge is 2.31. The zero-order valence-corrected chi connectivity index (χ0v) is 19.1. The lowest BCUT2D eigenvalue weighted by atomic mass is 10.0. The minimum atomic E-state index is -3.70. The van der Waals surface area contributed by atoms with E-state index in [9.17, 15) is 17.6 Å². The summed E-state index contributed by atoms with van der Waals surface area (Å²) in [6, 6.07) is 10.3. The molecule has 1 fully saturated rings. The lowest BCUT2D eigenvalue weighted by Crippen LogP contribution is -2.32. The van der Waals surface area contributed by atoms with E-state index in [0.717, 1.165) is 25.7 Å². The third kappa shape index (κ3) is 5.17. The van der Waals surface area contributed by atoms with Crippen LogP contribution in [-0.4, -0.2) is 50.6 Å². The number of methoxy groups -OCH3 is 1. The van der Waals surface area contributed by atoms with Crippen LogP contribution in [0.5, 0.6) is 5.75 Å². The number of halogens is 1. The van der Waals surface area contributed by atoms with Crippen LogP contribution in [0.25, 0.3) is 0 Å². The van der Waals surface area contributed by atoms with Crippen LogP contribution in [0, 0.1) is 5.82 Å². The Morgan fingerprint density at radius 1 is 1.15 bits per heavy atom. The number of anilines is 1. The van der Waals surface area contributed by atoms with Gasteiger partial charge in [-0.05, 0) is 43.2 Å². The van der Waals surface area contributed by atoms with Crippen molar-refractivity contribution in [1.29, 1.82) is 0 Å². The summed E-state index contributed by atoms with van der Waals surface area (Å²) in [6.07, 6.45) is 2.90. The Bertz CT molecular complexity index is 1160. The number of carbonyl (C=O) groups is 1. The van der Waals surface area contributed by atoms with Gasteiger partial charge in [-0.15, -0.1) is 0 Å². The predicted molar refractivity (Wildman–Crippen MR) is 121 cm³/mol. The molecule has 0 spiro atoms. The number of sulfonamides is 1. The summed E-state index contributed by atoms with van der Waals surface area (Å²) in [6.45, 7) is 0.957. The number of ether oxygens (including phenoxy) is 1. The highest BCUT2D eigenvalue weighted by atomic mass is 32.2. The van der Waals surface area contributed by atoms with Gasteiger partial charge in [0.15, 0.2) is 0 Å². The van der Waals surface area contributed by atoms with Gasteiger partial charge < -0.3 is 14.9 Å². The van der Waals surface area contributed by atoms with E-state index in [2.05, 4.69) is 10.5 Å². The van der Waals surface area contributed by atoms with E-state index in [0.29, 0.717) is 30.1 Å². The van der Waals surface area contributed by atoms with Gasteiger partial charge in [0.25, 0.3) is 5.91 Å². The first-order valence-corrected chi connectivity index (χ1v) is 12.3. The Morgan fingerprint density at radius 3 is 2.61 bits per heavy atom. The van der Waals surface area contributed by atoms with E-state index in [4.69, 9.17) is 9.57 Å². The van der Waals surface area contributed by atoms with E-state index in [1.807, 2.05) is 0 Å². The van der Waals surface area contributed by atoms with Gasteiger partial charge in [-0.3, -0.25) is 4.79 Å². The van der Waals surface area contributed by atoms with E-state index in [1.165, 1.54) is 41.7 Å². The highest BCUT2D eigenvalue weighted by Crippen LogP contribution is 2.30. The van der Waals surface area contributed by atoms with Crippen molar-refractivity contribution >= 4 is 27.3 Å². The van der Waals surface area contributed by atoms with Crippen molar-refractivity contribution in [3.8, 4) is 5.75 Å². The number of hydrogen-bond acceptors (Lipinski definition) is 6. The smallest absolute Gasteiger partial charge is 0.268 e. The van der Waals surface area contributed by atoms with Crippen LogP contribution in [0.3, 0.4) is 0 Å². The number of nitrogens with one attached hydrogen (secondary N) is 1. The first kappa shape index (κ1) is 23.2. The Balaban J connectivity index is 1.50. The molecule has 2 aliphatic rings. The summed E-state index contributed by atoms with van der Waals surface area (Å²) >= 11 is 0. The first-order valence-electron chi connectivity index (χ1n) is 10.9. The lowest BCUT2D eigenvalue weighted by molar-refractivity contribution is -0.125. The Kier molecular flexibility index (Phi) is 6.94. The van der Waals surface area contributed by atoms with E-state index >= 15 is 0 Å². The van der Waals surface area contributed by atoms with Gasteiger partial charge in [0.1, 0.15) is 11.6 Å². The maximum absolute atomic E-state index is 13.5. The second kappa shape index (κ2) is 9.88. The molecule has 0 radical (unpaired) electrons. The predicted octanol–water partition coefficient (Wildman–Crippen LogP) is 3.53. The van der Waals surface area contributed by atoms with Gasteiger partial charge in [-0.25, -0.2) is 12.8 Å². The van der Waals surface area contributed by atoms with Gasteiger partial charge in [0, 0.05) is 25.1 Å². The minimum Gasteiger partial charge on any atom is -0.495 e. The molecule has 2 aliphatic heterocycles. The van der Waals surface area contributed by atoms with Gasteiger partial charge >= 0.3 is 0 Å². The molecule has 10 heteroatoms. The third-order valence-electron chi connectivity index (χ3n) is 5.75. The average Bonchev–Trinajstić information content (AvgIpc) is 3.14. The van der Waals surface area contributed by atoms with E-state index in [1.54, 1.807) is 12.1 Å². The molecule has 4 rings (SSSR count). The number of nitrogens with zero attached hydrogens (tertiary/aromatic N) is 2. The van der Waals surface area contributed by atoms with Crippen molar-refractivity contribution in [3.63, 3.8) is 0 Å². The number of amides is 1.